The maximum absolute atomic E-state index is 11.0. The minimum atomic E-state index is -0.283. The van der Waals surface area contributed by atoms with E-state index in [1.165, 1.54) is 38.5 Å². The van der Waals surface area contributed by atoms with Gasteiger partial charge >= 0.3 is 6.09 Å². The lowest BCUT2D eigenvalue weighted by Crippen LogP contribution is -2.20. The van der Waals surface area contributed by atoms with Gasteiger partial charge in [0.15, 0.2) is 0 Å². The molecule has 1 amide bonds. The molecule has 0 spiro atoms. The van der Waals surface area contributed by atoms with E-state index in [1.54, 1.807) is 7.05 Å². The lowest BCUT2D eigenvalue weighted by atomic mass is 10.0. The molecule has 1 N–H and O–H groups in total. The molecule has 0 aromatic carbocycles. The molecule has 2 saturated carbocycles. The Balaban J connectivity index is 1.73. The third-order valence-corrected chi connectivity index (χ3v) is 3.94. The molecule has 2 aliphatic rings. The van der Waals surface area contributed by atoms with Crippen LogP contribution in [0.25, 0.3) is 0 Å². The third kappa shape index (κ3) is 2.64. The van der Waals surface area contributed by atoms with Crippen molar-refractivity contribution in [1.82, 2.24) is 5.32 Å². The first-order valence-corrected chi connectivity index (χ1v) is 6.17. The van der Waals surface area contributed by atoms with E-state index in [1.807, 2.05) is 0 Å². The summed E-state index contributed by atoms with van der Waals surface area (Å²) >= 11 is 0. The summed E-state index contributed by atoms with van der Waals surface area (Å²) < 4.78 is 5.14. The average Bonchev–Trinajstić information content (AvgIpc) is 2.85. The summed E-state index contributed by atoms with van der Waals surface area (Å²) in [7, 11) is 1.61. The zero-order valence-electron chi connectivity index (χ0n) is 9.50. The van der Waals surface area contributed by atoms with Crippen LogP contribution in [0.1, 0.15) is 38.5 Å². The number of hydrogen-bond acceptors (Lipinski definition) is 2. The van der Waals surface area contributed by atoms with Crippen molar-refractivity contribution in [3.8, 4) is 0 Å². The van der Waals surface area contributed by atoms with Crippen molar-refractivity contribution in [2.24, 2.45) is 17.8 Å². The zero-order chi connectivity index (χ0) is 10.7. The summed E-state index contributed by atoms with van der Waals surface area (Å²) in [5.74, 6) is 2.38. The molecule has 2 aliphatic carbocycles. The van der Waals surface area contributed by atoms with Crippen molar-refractivity contribution in [3.63, 3.8) is 0 Å². The van der Waals surface area contributed by atoms with Gasteiger partial charge in [0, 0.05) is 7.05 Å². The fourth-order valence-electron chi connectivity index (χ4n) is 2.99. The van der Waals surface area contributed by atoms with E-state index in [4.69, 9.17) is 4.74 Å². The van der Waals surface area contributed by atoms with Crippen molar-refractivity contribution >= 4 is 6.09 Å². The third-order valence-electron chi connectivity index (χ3n) is 3.94. The molecule has 0 aromatic heterocycles. The molecular weight excluding hydrogens is 190 g/mol. The highest BCUT2D eigenvalue weighted by atomic mass is 16.5. The number of carbonyl (C=O) groups is 1. The number of hydrogen-bond donors (Lipinski definition) is 1. The first-order chi connectivity index (χ1) is 7.33. The Labute approximate surface area is 91.6 Å². The molecule has 3 heteroatoms. The Hall–Kier alpha value is -0.730. The Morgan fingerprint density at radius 1 is 1.20 bits per heavy atom. The van der Waals surface area contributed by atoms with Gasteiger partial charge in [-0.1, -0.05) is 25.7 Å². The van der Waals surface area contributed by atoms with Crippen molar-refractivity contribution in [2.75, 3.05) is 13.7 Å². The molecule has 1 unspecified atom stereocenters. The molecule has 0 bridgehead atoms. The second-order valence-electron chi connectivity index (χ2n) is 4.83. The number of alkyl carbamates (subject to hydrolysis) is 1. The molecule has 86 valence electrons. The van der Waals surface area contributed by atoms with Crippen molar-refractivity contribution in [3.05, 3.63) is 0 Å². The molecule has 2 fully saturated rings. The first-order valence-electron chi connectivity index (χ1n) is 6.17. The standard InChI is InChI=1S/C12H21NO2/c1-13-12(14)15-8-11-9-6-4-2-3-5-7-10(9)11/h9-11H,2-8H2,1H3,(H,13,14)/t9-,10+,11?. The number of amides is 1. The Bertz CT molecular complexity index is 216. The Morgan fingerprint density at radius 2 is 1.80 bits per heavy atom. The topological polar surface area (TPSA) is 38.3 Å². The van der Waals surface area contributed by atoms with E-state index in [0.717, 1.165) is 11.8 Å². The van der Waals surface area contributed by atoms with E-state index in [9.17, 15) is 4.79 Å². The van der Waals surface area contributed by atoms with Gasteiger partial charge in [0.05, 0.1) is 6.61 Å². The predicted molar refractivity (Wildman–Crippen MR) is 58.6 cm³/mol. The maximum Gasteiger partial charge on any atom is 0.406 e. The van der Waals surface area contributed by atoms with Crippen LogP contribution < -0.4 is 5.32 Å². The van der Waals surface area contributed by atoms with Crippen molar-refractivity contribution in [1.29, 1.82) is 0 Å². The number of fused-ring (bicyclic) bond motifs is 1. The van der Waals surface area contributed by atoms with Gasteiger partial charge in [-0.25, -0.2) is 4.79 Å². The fourth-order valence-corrected chi connectivity index (χ4v) is 2.99. The van der Waals surface area contributed by atoms with E-state index in [-0.39, 0.29) is 6.09 Å². The van der Waals surface area contributed by atoms with Crippen LogP contribution in [0.2, 0.25) is 0 Å². The Kier molecular flexibility index (Phi) is 3.49. The summed E-state index contributed by atoms with van der Waals surface area (Å²) in [4.78, 5) is 11.0. The van der Waals surface area contributed by atoms with Crippen LogP contribution in [-0.2, 0) is 4.74 Å². The van der Waals surface area contributed by atoms with Crippen molar-refractivity contribution < 1.29 is 9.53 Å². The summed E-state index contributed by atoms with van der Waals surface area (Å²) in [6, 6.07) is 0. The maximum atomic E-state index is 11.0. The molecule has 15 heavy (non-hydrogen) atoms. The lowest BCUT2D eigenvalue weighted by Gasteiger charge is -2.05. The Morgan fingerprint density at radius 3 is 2.33 bits per heavy atom. The highest BCUT2D eigenvalue weighted by Crippen LogP contribution is 2.53. The molecule has 3 nitrogen and oxygen atoms in total. The van der Waals surface area contributed by atoms with Gasteiger partial charge in [-0.05, 0) is 30.6 Å². The van der Waals surface area contributed by atoms with E-state index >= 15 is 0 Å². The van der Waals surface area contributed by atoms with Crippen LogP contribution in [-0.4, -0.2) is 19.7 Å². The van der Waals surface area contributed by atoms with Crippen LogP contribution in [0.4, 0.5) is 4.79 Å². The second kappa shape index (κ2) is 4.86. The van der Waals surface area contributed by atoms with Crippen molar-refractivity contribution in [2.45, 2.75) is 38.5 Å². The second-order valence-corrected chi connectivity index (χ2v) is 4.83. The average molecular weight is 211 g/mol. The fraction of sp³-hybridized carbons (Fsp3) is 0.917. The SMILES string of the molecule is CNC(=O)OCC1[C@H]2CCCCCC[C@@H]12. The zero-order valence-corrected chi connectivity index (χ0v) is 9.50. The number of ether oxygens (including phenoxy) is 1. The molecule has 0 saturated heterocycles. The summed E-state index contributed by atoms with van der Waals surface area (Å²) in [6.45, 7) is 0.634. The smallest absolute Gasteiger partial charge is 0.406 e. The van der Waals surface area contributed by atoms with Gasteiger partial charge in [-0.2, -0.15) is 0 Å². The predicted octanol–water partition coefficient (Wildman–Crippen LogP) is 2.56. The minimum absolute atomic E-state index is 0.283. The van der Waals surface area contributed by atoms with Gasteiger partial charge in [0.2, 0.25) is 0 Å². The lowest BCUT2D eigenvalue weighted by molar-refractivity contribution is 0.139. The summed E-state index contributed by atoms with van der Waals surface area (Å²) in [6.07, 6.45) is 7.96. The highest BCUT2D eigenvalue weighted by Gasteiger charge is 2.49. The normalized spacial score (nSPS) is 34.6. The van der Waals surface area contributed by atoms with E-state index in [2.05, 4.69) is 5.32 Å². The molecule has 0 heterocycles. The largest absolute Gasteiger partial charge is 0.449 e. The van der Waals surface area contributed by atoms with Crippen LogP contribution in [0.15, 0.2) is 0 Å². The summed E-state index contributed by atoms with van der Waals surface area (Å²) in [5, 5.41) is 2.49. The van der Waals surface area contributed by atoms with E-state index < -0.39 is 0 Å². The molecular formula is C12H21NO2. The number of nitrogens with one attached hydrogen (secondary N) is 1. The molecule has 0 radical (unpaired) electrons. The van der Waals surface area contributed by atoms with Crippen LogP contribution >= 0.6 is 0 Å². The van der Waals surface area contributed by atoms with Gasteiger partial charge in [-0.15, -0.1) is 0 Å². The van der Waals surface area contributed by atoms with Gasteiger partial charge in [0.25, 0.3) is 0 Å². The molecule has 0 aliphatic heterocycles. The highest BCUT2D eigenvalue weighted by molar-refractivity contribution is 5.66. The molecule has 3 atom stereocenters. The molecule has 0 aromatic rings. The van der Waals surface area contributed by atoms with Gasteiger partial charge in [0.1, 0.15) is 0 Å². The first kappa shape index (κ1) is 10.8. The van der Waals surface area contributed by atoms with Crippen LogP contribution in [0.5, 0.6) is 0 Å². The minimum Gasteiger partial charge on any atom is -0.449 e. The monoisotopic (exact) mass is 211 g/mol. The number of rotatable bonds is 2. The van der Waals surface area contributed by atoms with Gasteiger partial charge < -0.3 is 10.1 Å². The van der Waals surface area contributed by atoms with Crippen LogP contribution in [0, 0.1) is 17.8 Å². The number of carbonyl (C=O) groups excluding carboxylic acids is 1. The quantitative estimate of drug-likeness (QED) is 0.762. The van der Waals surface area contributed by atoms with E-state index in [0.29, 0.717) is 12.5 Å². The van der Waals surface area contributed by atoms with Gasteiger partial charge in [-0.3, -0.25) is 0 Å². The van der Waals surface area contributed by atoms with Crippen LogP contribution in [0.3, 0.4) is 0 Å². The summed E-state index contributed by atoms with van der Waals surface area (Å²) in [5.41, 5.74) is 0. The molecule has 2 rings (SSSR count).